The van der Waals surface area contributed by atoms with E-state index < -0.39 is 36.1 Å². The van der Waals surface area contributed by atoms with Crippen LogP contribution >= 0.6 is 0 Å². The molecule has 1 saturated carbocycles. The average Bonchev–Trinajstić information content (AvgIpc) is 3.17. The Balaban J connectivity index is 1.41. The lowest BCUT2D eigenvalue weighted by Crippen LogP contribution is -2.72. The lowest BCUT2D eigenvalue weighted by atomic mass is 9.74. The Morgan fingerprint density at radius 3 is 0.918 bits per heavy atom. The van der Waals surface area contributed by atoms with Gasteiger partial charge in [0.2, 0.25) is 0 Å². The molecule has 5 aromatic carbocycles. The van der Waals surface area contributed by atoms with Gasteiger partial charge in [0, 0.05) is 0 Å². The summed E-state index contributed by atoms with van der Waals surface area (Å²) in [7, 11) is 0. The fraction of sp³-hybridized carbons (Fsp3) is 0.256. The van der Waals surface area contributed by atoms with Gasteiger partial charge in [-0.3, -0.25) is 0 Å². The predicted molar refractivity (Wildman–Crippen MR) is 189 cm³/mol. The van der Waals surface area contributed by atoms with Gasteiger partial charge in [0.1, 0.15) is 30.5 Å². The zero-order valence-corrected chi connectivity index (χ0v) is 27.4. The number of rotatable bonds is 15. The highest BCUT2D eigenvalue weighted by Crippen LogP contribution is 2.40. The van der Waals surface area contributed by atoms with Gasteiger partial charge < -0.3 is 28.8 Å². The van der Waals surface area contributed by atoms with Crippen molar-refractivity contribution in [3.63, 3.8) is 0 Å². The van der Waals surface area contributed by atoms with E-state index in [4.69, 9.17) is 30.1 Å². The van der Waals surface area contributed by atoms with Crippen LogP contribution in [0, 0.1) is 12.3 Å². The highest BCUT2D eigenvalue weighted by Gasteiger charge is 2.62. The van der Waals surface area contributed by atoms with Crippen molar-refractivity contribution in [1.82, 2.24) is 0 Å². The van der Waals surface area contributed by atoms with Gasteiger partial charge in [-0.1, -0.05) is 158 Å². The summed E-state index contributed by atoms with van der Waals surface area (Å²) in [5.41, 5.74) is 2.79. The molecule has 49 heavy (non-hydrogen) atoms. The molecule has 0 radical (unpaired) electrons. The molecular formula is C43H42O6. The molecule has 6 rings (SSSR count). The summed E-state index contributed by atoms with van der Waals surface area (Å²) in [5.74, 6) is 2.69. The highest BCUT2D eigenvalue weighted by molar-refractivity contribution is 5.26. The summed E-state index contributed by atoms with van der Waals surface area (Å²) in [6.07, 6.45) is 1.78. The minimum atomic E-state index is -1.96. The highest BCUT2D eigenvalue weighted by atomic mass is 16.6. The molecule has 0 bridgehead atoms. The SMILES string of the molecule is C#CC1(O)[C@H](OCc2ccccc2)[C@@H](OCc2ccccc2)C(OCc2ccccc2)[C@@H](OCc2ccccc2)[C@@H]1OCc1ccccc1. The number of benzene rings is 5. The standard InChI is InChI=1S/C43H42O6/c1-2-43(44)41(48-31-36-24-14-6-15-25-36)39(46-29-34-20-10-4-11-21-34)38(45-28-33-18-8-3-9-19-33)40(47-30-35-22-12-5-13-23-35)42(43)49-32-37-26-16-7-17-27-37/h1,3-27,38-42,44H,28-32H2/t38?,39-,40+,41+,42-,43?. The molecule has 0 spiro atoms. The first kappa shape index (κ1) is 34.3. The molecular weight excluding hydrogens is 612 g/mol. The van der Waals surface area contributed by atoms with Gasteiger partial charge >= 0.3 is 0 Å². The molecule has 5 aromatic rings. The molecule has 6 heteroatoms. The van der Waals surface area contributed by atoms with Crippen molar-refractivity contribution in [3.8, 4) is 12.3 Å². The normalized spacial score (nSPS) is 23.5. The summed E-state index contributed by atoms with van der Waals surface area (Å²) in [4.78, 5) is 0. The van der Waals surface area contributed by atoms with Gasteiger partial charge in [0.05, 0.1) is 33.0 Å². The number of aliphatic hydroxyl groups is 1. The van der Waals surface area contributed by atoms with E-state index in [-0.39, 0.29) is 33.0 Å². The zero-order chi connectivity index (χ0) is 33.7. The van der Waals surface area contributed by atoms with E-state index in [1.54, 1.807) is 0 Å². The fourth-order valence-electron chi connectivity index (χ4n) is 6.18. The predicted octanol–water partition coefficient (Wildman–Crippen LogP) is 7.29. The molecule has 0 heterocycles. The van der Waals surface area contributed by atoms with E-state index in [1.165, 1.54) is 0 Å². The molecule has 1 aliphatic carbocycles. The Hall–Kier alpha value is -4.58. The minimum Gasteiger partial charge on any atom is -0.372 e. The van der Waals surface area contributed by atoms with Crippen LogP contribution < -0.4 is 0 Å². The zero-order valence-electron chi connectivity index (χ0n) is 27.4. The Kier molecular flexibility index (Phi) is 12.0. The number of hydrogen-bond acceptors (Lipinski definition) is 6. The Bertz CT molecular complexity index is 1610. The van der Waals surface area contributed by atoms with Gasteiger partial charge in [0.25, 0.3) is 0 Å². The van der Waals surface area contributed by atoms with Gasteiger partial charge in [-0.15, -0.1) is 6.42 Å². The first-order chi connectivity index (χ1) is 24.1. The van der Waals surface area contributed by atoms with Crippen molar-refractivity contribution >= 4 is 0 Å². The first-order valence-corrected chi connectivity index (χ1v) is 16.6. The van der Waals surface area contributed by atoms with Gasteiger partial charge in [-0.2, -0.15) is 0 Å². The van der Waals surface area contributed by atoms with Crippen molar-refractivity contribution in [1.29, 1.82) is 0 Å². The number of hydrogen-bond donors (Lipinski definition) is 1. The van der Waals surface area contributed by atoms with E-state index in [0.717, 1.165) is 27.8 Å². The maximum atomic E-state index is 12.7. The molecule has 0 amide bonds. The van der Waals surface area contributed by atoms with Crippen LogP contribution in [-0.2, 0) is 56.7 Å². The lowest BCUT2D eigenvalue weighted by Gasteiger charge is -2.52. The first-order valence-electron chi connectivity index (χ1n) is 16.6. The fourth-order valence-corrected chi connectivity index (χ4v) is 6.18. The van der Waals surface area contributed by atoms with E-state index >= 15 is 0 Å². The van der Waals surface area contributed by atoms with E-state index in [2.05, 4.69) is 5.92 Å². The Morgan fingerprint density at radius 1 is 0.408 bits per heavy atom. The van der Waals surface area contributed by atoms with Crippen molar-refractivity contribution in [2.24, 2.45) is 0 Å². The van der Waals surface area contributed by atoms with Crippen LogP contribution in [0.5, 0.6) is 0 Å². The van der Waals surface area contributed by atoms with Gasteiger partial charge in [0.15, 0.2) is 5.60 Å². The topological polar surface area (TPSA) is 66.4 Å². The quantitative estimate of drug-likeness (QED) is 0.120. The molecule has 0 aromatic heterocycles. The van der Waals surface area contributed by atoms with Crippen LogP contribution in [0.2, 0.25) is 0 Å². The minimum absolute atomic E-state index is 0.188. The monoisotopic (exact) mass is 654 g/mol. The van der Waals surface area contributed by atoms with Crippen molar-refractivity contribution in [2.45, 2.75) is 69.2 Å². The van der Waals surface area contributed by atoms with Crippen LogP contribution in [0.25, 0.3) is 0 Å². The molecule has 6 atom stereocenters. The summed E-state index contributed by atoms with van der Waals surface area (Å²) in [6, 6.07) is 49.2. The third-order valence-corrected chi connectivity index (χ3v) is 8.74. The van der Waals surface area contributed by atoms with Crippen molar-refractivity contribution in [2.75, 3.05) is 0 Å². The number of ether oxygens (including phenoxy) is 5. The summed E-state index contributed by atoms with van der Waals surface area (Å²) in [5, 5.41) is 12.7. The van der Waals surface area contributed by atoms with Crippen LogP contribution in [-0.4, -0.2) is 41.2 Å². The Labute approximate surface area is 289 Å². The molecule has 6 nitrogen and oxygen atoms in total. The second-order valence-corrected chi connectivity index (χ2v) is 12.2. The molecule has 2 unspecified atom stereocenters. The van der Waals surface area contributed by atoms with E-state index in [0.29, 0.717) is 0 Å². The largest absolute Gasteiger partial charge is 0.372 e. The van der Waals surface area contributed by atoms with Crippen molar-refractivity contribution in [3.05, 3.63) is 179 Å². The second-order valence-electron chi connectivity index (χ2n) is 12.2. The second kappa shape index (κ2) is 17.2. The maximum Gasteiger partial charge on any atom is 0.182 e. The van der Waals surface area contributed by atoms with Gasteiger partial charge in [-0.05, 0) is 27.8 Å². The van der Waals surface area contributed by atoms with Gasteiger partial charge in [-0.25, -0.2) is 0 Å². The van der Waals surface area contributed by atoms with Crippen LogP contribution in [0.3, 0.4) is 0 Å². The molecule has 1 N–H and O–H groups in total. The molecule has 0 saturated heterocycles. The number of terminal acetylenes is 1. The van der Waals surface area contributed by atoms with E-state index in [9.17, 15) is 5.11 Å². The van der Waals surface area contributed by atoms with Crippen LogP contribution in [0.15, 0.2) is 152 Å². The molecule has 0 aliphatic heterocycles. The smallest absolute Gasteiger partial charge is 0.182 e. The van der Waals surface area contributed by atoms with Crippen LogP contribution in [0.4, 0.5) is 0 Å². The summed E-state index contributed by atoms with van der Waals surface area (Å²) < 4.78 is 33.5. The summed E-state index contributed by atoms with van der Waals surface area (Å²) >= 11 is 0. The van der Waals surface area contributed by atoms with E-state index in [1.807, 2.05) is 152 Å². The van der Waals surface area contributed by atoms with Crippen LogP contribution in [0.1, 0.15) is 27.8 Å². The Morgan fingerprint density at radius 2 is 0.653 bits per heavy atom. The van der Waals surface area contributed by atoms with Crippen molar-refractivity contribution < 1.29 is 28.8 Å². The third kappa shape index (κ3) is 8.91. The summed E-state index contributed by atoms with van der Waals surface area (Å²) in [6.45, 7) is 1.13. The maximum absolute atomic E-state index is 12.7. The molecule has 1 fully saturated rings. The molecule has 250 valence electrons. The molecule has 1 aliphatic rings. The lowest BCUT2D eigenvalue weighted by molar-refractivity contribution is -0.301. The average molecular weight is 655 g/mol. The third-order valence-electron chi connectivity index (χ3n) is 8.74.